The van der Waals surface area contributed by atoms with E-state index in [-0.39, 0.29) is 18.4 Å². The van der Waals surface area contributed by atoms with E-state index in [1.807, 2.05) is 25.1 Å². The molecule has 0 aliphatic carbocycles. The molecule has 2 aromatic rings. The molecule has 0 spiro atoms. The van der Waals surface area contributed by atoms with E-state index < -0.39 is 0 Å². The van der Waals surface area contributed by atoms with Gasteiger partial charge in [-0.25, -0.2) is 0 Å². The Bertz CT molecular complexity index is 767. The van der Waals surface area contributed by atoms with E-state index in [0.717, 1.165) is 16.9 Å². The second-order valence-corrected chi connectivity index (χ2v) is 6.51. The fourth-order valence-corrected chi connectivity index (χ4v) is 2.47. The van der Waals surface area contributed by atoms with Gasteiger partial charge in [0, 0.05) is 17.8 Å². The Hall–Kier alpha value is -2.82. The number of rotatable bonds is 7. The van der Waals surface area contributed by atoms with Gasteiger partial charge in [0.05, 0.1) is 0 Å². The van der Waals surface area contributed by atoms with E-state index in [4.69, 9.17) is 4.74 Å². The third kappa shape index (κ3) is 5.62. The first-order valence-electron chi connectivity index (χ1n) is 8.82. The molecule has 5 nitrogen and oxygen atoms in total. The molecule has 0 aromatic heterocycles. The van der Waals surface area contributed by atoms with Crippen LogP contribution in [-0.4, -0.2) is 18.4 Å². The SMILES string of the molecule is CCC(=O)Nc1ccc(NC(=O)COc2cc(C)ccc2C(C)C)cc1. The average molecular weight is 354 g/mol. The molecule has 0 atom stereocenters. The van der Waals surface area contributed by atoms with Gasteiger partial charge in [0.15, 0.2) is 6.61 Å². The lowest BCUT2D eigenvalue weighted by atomic mass is 10.0. The number of anilines is 2. The maximum absolute atomic E-state index is 12.2. The van der Waals surface area contributed by atoms with Crippen LogP contribution in [0.2, 0.25) is 0 Å². The van der Waals surface area contributed by atoms with Gasteiger partial charge in [-0.1, -0.05) is 32.9 Å². The highest BCUT2D eigenvalue weighted by Crippen LogP contribution is 2.27. The summed E-state index contributed by atoms with van der Waals surface area (Å²) in [5, 5.41) is 5.56. The molecule has 0 aliphatic rings. The number of carbonyl (C=O) groups excluding carboxylic acids is 2. The molecule has 0 radical (unpaired) electrons. The van der Waals surface area contributed by atoms with Crippen LogP contribution in [0.15, 0.2) is 42.5 Å². The normalized spacial score (nSPS) is 10.5. The van der Waals surface area contributed by atoms with Gasteiger partial charge in [0.1, 0.15) is 5.75 Å². The maximum Gasteiger partial charge on any atom is 0.262 e. The van der Waals surface area contributed by atoms with Crippen LogP contribution in [0, 0.1) is 6.92 Å². The van der Waals surface area contributed by atoms with Gasteiger partial charge in [-0.05, 0) is 54.3 Å². The Morgan fingerprint density at radius 1 is 0.962 bits per heavy atom. The molecule has 0 bridgehead atoms. The number of carbonyl (C=O) groups is 2. The molecular formula is C21H26N2O3. The predicted molar refractivity (Wildman–Crippen MR) is 105 cm³/mol. The zero-order valence-electron chi connectivity index (χ0n) is 15.8. The quantitative estimate of drug-likeness (QED) is 0.770. The lowest BCUT2D eigenvalue weighted by molar-refractivity contribution is -0.118. The lowest BCUT2D eigenvalue weighted by Crippen LogP contribution is -2.20. The van der Waals surface area contributed by atoms with Crippen molar-refractivity contribution >= 4 is 23.2 Å². The Morgan fingerprint density at radius 3 is 2.08 bits per heavy atom. The van der Waals surface area contributed by atoms with Crippen LogP contribution in [0.5, 0.6) is 5.75 Å². The molecule has 0 aliphatic heterocycles. The van der Waals surface area contributed by atoms with Crippen molar-refractivity contribution in [3.63, 3.8) is 0 Å². The summed E-state index contributed by atoms with van der Waals surface area (Å²) in [5.41, 5.74) is 3.53. The molecule has 138 valence electrons. The fourth-order valence-electron chi connectivity index (χ4n) is 2.47. The number of hydrogen-bond acceptors (Lipinski definition) is 3. The van der Waals surface area contributed by atoms with Crippen molar-refractivity contribution in [2.45, 2.75) is 40.0 Å². The third-order valence-corrected chi connectivity index (χ3v) is 3.92. The number of aryl methyl sites for hydroxylation is 1. The molecule has 0 heterocycles. The molecule has 0 saturated heterocycles. The molecule has 5 heteroatoms. The molecule has 2 amide bonds. The Labute approximate surface area is 154 Å². The molecule has 2 N–H and O–H groups in total. The summed E-state index contributed by atoms with van der Waals surface area (Å²) in [7, 11) is 0. The largest absolute Gasteiger partial charge is 0.483 e. The van der Waals surface area contributed by atoms with Crippen LogP contribution in [0.4, 0.5) is 11.4 Å². The number of nitrogens with one attached hydrogen (secondary N) is 2. The number of hydrogen-bond donors (Lipinski definition) is 2. The van der Waals surface area contributed by atoms with Gasteiger partial charge in [0.2, 0.25) is 5.91 Å². The summed E-state index contributed by atoms with van der Waals surface area (Å²) in [5.74, 6) is 0.785. The van der Waals surface area contributed by atoms with Crippen molar-refractivity contribution in [3.05, 3.63) is 53.6 Å². The molecule has 0 saturated carbocycles. The molecular weight excluding hydrogens is 328 g/mol. The summed E-state index contributed by atoms with van der Waals surface area (Å²) in [6.07, 6.45) is 0.424. The second kappa shape index (κ2) is 9.04. The van der Waals surface area contributed by atoms with E-state index in [1.165, 1.54) is 0 Å². The topological polar surface area (TPSA) is 67.4 Å². The zero-order valence-corrected chi connectivity index (χ0v) is 15.8. The molecule has 2 aromatic carbocycles. The third-order valence-electron chi connectivity index (χ3n) is 3.92. The highest BCUT2D eigenvalue weighted by Gasteiger charge is 2.10. The summed E-state index contributed by atoms with van der Waals surface area (Å²) in [6, 6.07) is 13.0. The van der Waals surface area contributed by atoms with Gasteiger partial charge in [-0.3, -0.25) is 9.59 Å². The minimum atomic E-state index is -0.230. The van der Waals surface area contributed by atoms with Crippen LogP contribution < -0.4 is 15.4 Å². The first kappa shape index (κ1) is 19.5. The Morgan fingerprint density at radius 2 is 1.54 bits per heavy atom. The first-order chi connectivity index (χ1) is 12.4. The standard InChI is InChI=1S/C21H26N2O3/c1-5-20(24)22-16-7-9-17(10-8-16)23-21(25)13-26-19-12-15(4)6-11-18(19)14(2)3/h6-12,14H,5,13H2,1-4H3,(H,22,24)(H,23,25). The average Bonchev–Trinajstić information content (AvgIpc) is 2.61. The minimum absolute atomic E-state index is 0.0469. The Kier molecular flexibility index (Phi) is 6.78. The van der Waals surface area contributed by atoms with Gasteiger partial charge >= 0.3 is 0 Å². The van der Waals surface area contributed by atoms with E-state index in [1.54, 1.807) is 31.2 Å². The molecule has 0 fully saturated rings. The van der Waals surface area contributed by atoms with Crippen LogP contribution in [0.3, 0.4) is 0 Å². The summed E-state index contributed by atoms with van der Waals surface area (Å²) >= 11 is 0. The highest BCUT2D eigenvalue weighted by molar-refractivity contribution is 5.93. The minimum Gasteiger partial charge on any atom is -0.483 e. The van der Waals surface area contributed by atoms with Crippen molar-refractivity contribution in [3.8, 4) is 5.75 Å². The van der Waals surface area contributed by atoms with Crippen molar-refractivity contribution in [2.24, 2.45) is 0 Å². The fraction of sp³-hybridized carbons (Fsp3) is 0.333. The van der Waals surface area contributed by atoms with Gasteiger partial charge < -0.3 is 15.4 Å². The lowest BCUT2D eigenvalue weighted by Gasteiger charge is -2.15. The van der Waals surface area contributed by atoms with Gasteiger partial charge in [0.25, 0.3) is 5.91 Å². The molecule has 2 rings (SSSR count). The van der Waals surface area contributed by atoms with Crippen LogP contribution in [-0.2, 0) is 9.59 Å². The first-order valence-corrected chi connectivity index (χ1v) is 8.82. The monoisotopic (exact) mass is 354 g/mol. The second-order valence-electron chi connectivity index (χ2n) is 6.51. The summed E-state index contributed by atoms with van der Waals surface area (Å²) in [4.78, 5) is 23.5. The molecule has 0 unspecified atom stereocenters. The van der Waals surface area contributed by atoms with Crippen LogP contribution >= 0.6 is 0 Å². The van der Waals surface area contributed by atoms with Crippen molar-refractivity contribution in [1.29, 1.82) is 0 Å². The van der Waals surface area contributed by atoms with Crippen LogP contribution in [0.25, 0.3) is 0 Å². The highest BCUT2D eigenvalue weighted by atomic mass is 16.5. The van der Waals surface area contributed by atoms with E-state index >= 15 is 0 Å². The summed E-state index contributed by atoms with van der Waals surface area (Å²) in [6.45, 7) is 7.92. The van der Waals surface area contributed by atoms with Crippen molar-refractivity contribution < 1.29 is 14.3 Å². The van der Waals surface area contributed by atoms with E-state index in [9.17, 15) is 9.59 Å². The van der Waals surface area contributed by atoms with E-state index in [0.29, 0.717) is 23.7 Å². The van der Waals surface area contributed by atoms with Gasteiger partial charge in [-0.2, -0.15) is 0 Å². The summed E-state index contributed by atoms with van der Waals surface area (Å²) < 4.78 is 5.74. The van der Waals surface area contributed by atoms with E-state index in [2.05, 4.69) is 24.5 Å². The number of ether oxygens (including phenoxy) is 1. The Balaban J connectivity index is 1.93. The smallest absolute Gasteiger partial charge is 0.262 e. The van der Waals surface area contributed by atoms with Crippen molar-refractivity contribution in [1.82, 2.24) is 0 Å². The maximum atomic E-state index is 12.2. The number of amides is 2. The van der Waals surface area contributed by atoms with Gasteiger partial charge in [-0.15, -0.1) is 0 Å². The zero-order chi connectivity index (χ0) is 19.1. The number of benzene rings is 2. The van der Waals surface area contributed by atoms with Crippen molar-refractivity contribution in [2.75, 3.05) is 17.2 Å². The molecule has 26 heavy (non-hydrogen) atoms. The van der Waals surface area contributed by atoms with Crippen LogP contribution in [0.1, 0.15) is 44.2 Å². The predicted octanol–water partition coefficient (Wildman–Crippen LogP) is 4.48.